The Balaban J connectivity index is 1.41. The molecule has 1 fully saturated rings. The quantitative estimate of drug-likeness (QED) is 0.208. The van der Waals surface area contributed by atoms with Crippen molar-refractivity contribution in [3.63, 3.8) is 0 Å². The third-order valence-electron chi connectivity index (χ3n) is 7.74. The summed E-state index contributed by atoms with van der Waals surface area (Å²) in [5.74, 6) is 0.565. The molecule has 14 heteroatoms. The van der Waals surface area contributed by atoms with Gasteiger partial charge in [0, 0.05) is 38.2 Å². The first-order valence-corrected chi connectivity index (χ1v) is 16.0. The fourth-order valence-corrected chi connectivity index (χ4v) is 6.92. The van der Waals surface area contributed by atoms with Crippen molar-refractivity contribution in [2.24, 2.45) is 0 Å². The maximum Gasteiger partial charge on any atom is 0.421 e. The van der Waals surface area contributed by atoms with Crippen molar-refractivity contribution >= 4 is 44.7 Å². The molecular weight excluding hydrogens is 633 g/mol. The second-order valence-corrected chi connectivity index (χ2v) is 13.1. The first kappa shape index (κ1) is 32.3. The van der Waals surface area contributed by atoms with Gasteiger partial charge in [0.1, 0.15) is 5.82 Å². The summed E-state index contributed by atoms with van der Waals surface area (Å²) in [6, 6.07) is 14.8. The minimum Gasteiger partial charge on any atom is -0.464 e. The van der Waals surface area contributed by atoms with Crippen LogP contribution < -0.4 is 0 Å². The number of hydrogen-bond acceptors (Lipinski definition) is 5. The highest BCUT2D eigenvalue weighted by atomic mass is 35.5. The summed E-state index contributed by atoms with van der Waals surface area (Å²) >= 11 is 6.07. The molecular formula is C31H30ClF3N4O5S. The number of hydrogen-bond donors (Lipinski definition) is 1. The lowest BCUT2D eigenvalue weighted by Gasteiger charge is -2.19. The van der Waals surface area contributed by atoms with Gasteiger partial charge in [-0.2, -0.15) is 13.2 Å². The molecule has 1 aliphatic heterocycles. The number of aryl methyl sites for hydroxylation is 2. The first-order chi connectivity index (χ1) is 21.3. The van der Waals surface area contributed by atoms with Crippen LogP contribution in [0.4, 0.5) is 18.0 Å². The number of nitrogens with zero attached hydrogens (tertiary/aromatic N) is 4. The maximum atomic E-state index is 13.6. The van der Waals surface area contributed by atoms with Gasteiger partial charge >= 0.3 is 12.3 Å². The van der Waals surface area contributed by atoms with Crippen molar-refractivity contribution in [2.45, 2.75) is 50.1 Å². The minimum absolute atomic E-state index is 0.0776. The molecule has 0 saturated carbocycles. The van der Waals surface area contributed by atoms with Crippen molar-refractivity contribution in [3.05, 3.63) is 88.2 Å². The Bertz CT molecular complexity index is 1840. The summed E-state index contributed by atoms with van der Waals surface area (Å²) in [5, 5.41) is 9.22. The van der Waals surface area contributed by atoms with E-state index in [1.54, 1.807) is 52.8 Å². The molecule has 1 aromatic heterocycles. The van der Waals surface area contributed by atoms with E-state index < -0.39 is 32.9 Å². The van der Waals surface area contributed by atoms with E-state index in [1.807, 2.05) is 0 Å². The molecule has 5 rings (SSSR count). The van der Waals surface area contributed by atoms with Crippen LogP contribution in [0.3, 0.4) is 0 Å². The molecule has 0 bridgehead atoms. The molecule has 238 valence electrons. The Morgan fingerprint density at radius 1 is 1.07 bits per heavy atom. The largest absolute Gasteiger partial charge is 0.464 e. The molecule has 0 radical (unpaired) electrons. The SMILES string of the molecule is Cc1ccc(S(=O)(=O)N(CCc2ccc(-n3c(CCCN4CCCC4=O)nc4cc(C(F)(F)F)c(Cl)cc43)cc2)C(=O)O)cc1. The van der Waals surface area contributed by atoms with Crippen molar-refractivity contribution in [1.82, 2.24) is 18.8 Å². The average Bonchev–Trinajstić information content (AvgIpc) is 3.54. The van der Waals surface area contributed by atoms with Gasteiger partial charge in [-0.05, 0) is 68.1 Å². The Morgan fingerprint density at radius 3 is 2.36 bits per heavy atom. The van der Waals surface area contributed by atoms with Gasteiger partial charge < -0.3 is 10.0 Å². The Labute approximate surface area is 262 Å². The molecule has 1 saturated heterocycles. The molecule has 1 aliphatic rings. The number of fused-ring (bicyclic) bond motifs is 1. The van der Waals surface area contributed by atoms with Crippen LogP contribution in [0, 0.1) is 6.92 Å². The van der Waals surface area contributed by atoms with Crippen LogP contribution in [0.2, 0.25) is 5.02 Å². The second-order valence-electron chi connectivity index (χ2n) is 10.9. The topological polar surface area (TPSA) is 113 Å². The Hall–Kier alpha value is -4.10. The van der Waals surface area contributed by atoms with Crippen LogP contribution in [0.15, 0.2) is 65.6 Å². The van der Waals surface area contributed by atoms with Gasteiger partial charge in [0.2, 0.25) is 5.91 Å². The number of benzene rings is 3. The molecule has 9 nitrogen and oxygen atoms in total. The lowest BCUT2D eigenvalue weighted by Crippen LogP contribution is -2.37. The van der Waals surface area contributed by atoms with E-state index in [1.165, 1.54) is 18.2 Å². The van der Waals surface area contributed by atoms with Crippen LogP contribution >= 0.6 is 11.6 Å². The lowest BCUT2D eigenvalue weighted by atomic mass is 10.1. The van der Waals surface area contributed by atoms with Gasteiger partial charge in [-0.25, -0.2) is 22.5 Å². The predicted octanol–water partition coefficient (Wildman–Crippen LogP) is 6.47. The van der Waals surface area contributed by atoms with Gasteiger partial charge in [-0.1, -0.05) is 41.4 Å². The molecule has 3 aromatic carbocycles. The van der Waals surface area contributed by atoms with Gasteiger partial charge in [-0.3, -0.25) is 9.36 Å². The average molecular weight is 663 g/mol. The molecule has 0 aliphatic carbocycles. The zero-order valence-corrected chi connectivity index (χ0v) is 25.8. The van der Waals surface area contributed by atoms with E-state index in [2.05, 4.69) is 4.98 Å². The number of rotatable bonds is 10. The van der Waals surface area contributed by atoms with E-state index in [-0.39, 0.29) is 29.3 Å². The summed E-state index contributed by atoms with van der Waals surface area (Å²) < 4.78 is 68.9. The molecule has 1 N–H and O–H groups in total. The Kier molecular flexibility index (Phi) is 9.13. The molecule has 0 spiro atoms. The highest BCUT2D eigenvalue weighted by Gasteiger charge is 2.34. The highest BCUT2D eigenvalue weighted by molar-refractivity contribution is 7.89. The summed E-state index contributed by atoms with van der Waals surface area (Å²) in [4.78, 5) is 30.1. The first-order valence-electron chi connectivity index (χ1n) is 14.2. The zero-order chi connectivity index (χ0) is 32.5. The van der Waals surface area contributed by atoms with Crippen LogP contribution in [0.25, 0.3) is 16.7 Å². The molecule has 2 heterocycles. The third-order valence-corrected chi connectivity index (χ3v) is 9.84. The van der Waals surface area contributed by atoms with Crippen LogP contribution in [0.1, 0.15) is 41.8 Å². The third kappa shape index (κ3) is 6.94. The smallest absolute Gasteiger partial charge is 0.421 e. The summed E-state index contributed by atoms with van der Waals surface area (Å²) in [7, 11) is -4.29. The van der Waals surface area contributed by atoms with E-state index in [0.717, 1.165) is 18.1 Å². The molecule has 0 unspecified atom stereocenters. The number of aromatic nitrogens is 2. The molecule has 2 amide bonds. The van der Waals surface area contributed by atoms with Crippen molar-refractivity contribution < 1.29 is 36.3 Å². The number of likely N-dealkylation sites (tertiary alicyclic amines) is 1. The second kappa shape index (κ2) is 12.7. The van der Waals surface area contributed by atoms with Crippen molar-refractivity contribution in [2.75, 3.05) is 19.6 Å². The van der Waals surface area contributed by atoms with Crippen LogP contribution in [-0.4, -0.2) is 63.9 Å². The predicted molar refractivity (Wildman–Crippen MR) is 162 cm³/mol. The van der Waals surface area contributed by atoms with Gasteiger partial charge in [0.05, 0.1) is 26.5 Å². The number of carbonyl (C=O) groups excluding carboxylic acids is 1. The molecule has 4 aromatic rings. The van der Waals surface area contributed by atoms with Crippen LogP contribution in [0.5, 0.6) is 0 Å². The van der Waals surface area contributed by atoms with E-state index in [4.69, 9.17) is 11.6 Å². The fourth-order valence-electron chi connectivity index (χ4n) is 5.39. The minimum atomic E-state index is -4.66. The van der Waals surface area contributed by atoms with E-state index >= 15 is 0 Å². The van der Waals surface area contributed by atoms with Gasteiger partial charge in [0.15, 0.2) is 0 Å². The van der Waals surface area contributed by atoms with E-state index in [9.17, 15) is 36.3 Å². The van der Waals surface area contributed by atoms with E-state index in [0.29, 0.717) is 59.2 Å². The number of imidazole rings is 1. The summed E-state index contributed by atoms with van der Waals surface area (Å²) in [5.41, 5.74) is 1.53. The number of carbonyl (C=O) groups is 2. The molecule has 45 heavy (non-hydrogen) atoms. The van der Waals surface area contributed by atoms with Crippen molar-refractivity contribution in [3.8, 4) is 5.69 Å². The number of halogens is 4. The lowest BCUT2D eigenvalue weighted by molar-refractivity contribution is -0.137. The van der Waals surface area contributed by atoms with Crippen LogP contribution in [-0.2, 0) is 33.8 Å². The molecule has 0 atom stereocenters. The maximum absolute atomic E-state index is 13.6. The summed E-state index contributed by atoms with van der Waals surface area (Å²) in [6.45, 7) is 2.64. The van der Waals surface area contributed by atoms with Gasteiger partial charge in [0.25, 0.3) is 10.0 Å². The standard InChI is InChI=1S/C31H30ClF3N4O5S/c1-20-6-12-23(13-7-20)45(43,44)38(30(41)42)17-14-21-8-10-22(11-9-21)39-27-19-25(32)24(31(33,34)35)18-26(27)36-28(39)4-2-15-37-16-3-5-29(37)40/h6-13,18-19H,2-5,14-17H2,1H3,(H,41,42). The normalized spacial score (nSPS) is 14.0. The Morgan fingerprint density at radius 2 is 1.76 bits per heavy atom. The number of amides is 2. The number of alkyl halides is 3. The monoisotopic (exact) mass is 662 g/mol. The zero-order valence-electron chi connectivity index (χ0n) is 24.2. The highest BCUT2D eigenvalue weighted by Crippen LogP contribution is 2.38. The fraction of sp³-hybridized carbons (Fsp3) is 0.323. The van der Waals surface area contributed by atoms with Crippen molar-refractivity contribution in [1.29, 1.82) is 0 Å². The number of carboxylic acid groups (broad SMARTS) is 1. The van der Waals surface area contributed by atoms with Gasteiger partial charge in [-0.15, -0.1) is 0 Å². The number of sulfonamides is 1. The summed E-state index contributed by atoms with van der Waals surface area (Å²) in [6.07, 6.45) is -3.95.